The van der Waals surface area contributed by atoms with Gasteiger partial charge in [-0.15, -0.1) is 0 Å². The van der Waals surface area contributed by atoms with Gasteiger partial charge in [0, 0.05) is 50.2 Å². The van der Waals surface area contributed by atoms with Gasteiger partial charge in [0.2, 0.25) is 5.91 Å². The van der Waals surface area contributed by atoms with E-state index < -0.39 is 0 Å². The Morgan fingerprint density at radius 1 is 0.889 bits per heavy atom. The van der Waals surface area contributed by atoms with E-state index in [2.05, 4.69) is 17.0 Å². The highest BCUT2D eigenvalue weighted by Gasteiger charge is 2.18. The summed E-state index contributed by atoms with van der Waals surface area (Å²) in [5.41, 5.74) is 1.16. The number of carbonyl (C=O) groups is 1. The van der Waals surface area contributed by atoms with Crippen molar-refractivity contribution in [2.45, 2.75) is 13.3 Å². The van der Waals surface area contributed by atoms with Crippen LogP contribution in [0.2, 0.25) is 5.02 Å². The van der Waals surface area contributed by atoms with Crippen molar-refractivity contribution in [2.24, 2.45) is 0 Å². The Bertz CT molecular complexity index is 726. The summed E-state index contributed by atoms with van der Waals surface area (Å²) in [6.07, 6.45) is 0.803. The van der Waals surface area contributed by atoms with E-state index in [-0.39, 0.29) is 5.91 Å². The van der Waals surface area contributed by atoms with Crippen molar-refractivity contribution >= 4 is 23.2 Å². The Labute approximate surface area is 165 Å². The lowest BCUT2D eigenvalue weighted by Gasteiger charge is -2.35. The predicted octanol–water partition coefficient (Wildman–Crippen LogP) is 3.86. The largest absolute Gasteiger partial charge is 0.493 e. The van der Waals surface area contributed by atoms with E-state index in [1.165, 1.54) is 0 Å². The van der Waals surface area contributed by atoms with Crippen LogP contribution in [0.4, 0.5) is 5.69 Å². The van der Waals surface area contributed by atoms with Crippen LogP contribution in [0.3, 0.4) is 0 Å². The van der Waals surface area contributed by atoms with E-state index in [0.717, 1.165) is 49.8 Å². The molecule has 27 heavy (non-hydrogen) atoms. The summed E-state index contributed by atoms with van der Waals surface area (Å²) >= 11 is 5.85. The summed E-state index contributed by atoms with van der Waals surface area (Å²) in [4.78, 5) is 15.6. The van der Waals surface area contributed by atoms with Gasteiger partial charge >= 0.3 is 0 Å². The smallest absolute Gasteiger partial charge is 0.219 e. The zero-order valence-electron chi connectivity index (χ0n) is 15.6. The summed E-state index contributed by atoms with van der Waals surface area (Å²) in [6, 6.07) is 15.5. The molecule has 1 fully saturated rings. The number of ether oxygens (including phenoxy) is 2. The monoisotopic (exact) mass is 388 g/mol. The second-order valence-corrected chi connectivity index (χ2v) is 6.93. The maximum absolute atomic E-state index is 11.4. The number of anilines is 1. The van der Waals surface area contributed by atoms with Crippen LogP contribution in [0, 0.1) is 0 Å². The van der Waals surface area contributed by atoms with Crippen molar-refractivity contribution in [2.75, 3.05) is 44.3 Å². The molecule has 1 aliphatic heterocycles. The average Bonchev–Trinajstić information content (AvgIpc) is 2.70. The molecule has 1 saturated heterocycles. The second kappa shape index (κ2) is 9.51. The summed E-state index contributed by atoms with van der Waals surface area (Å²) in [6.45, 7) is 6.11. The zero-order valence-corrected chi connectivity index (χ0v) is 16.3. The summed E-state index contributed by atoms with van der Waals surface area (Å²) in [7, 11) is 0. The van der Waals surface area contributed by atoms with Crippen LogP contribution < -0.4 is 14.4 Å². The van der Waals surface area contributed by atoms with Gasteiger partial charge in [0.15, 0.2) is 0 Å². The Morgan fingerprint density at radius 2 is 1.41 bits per heavy atom. The number of hydrogen-bond donors (Lipinski definition) is 0. The molecular weight excluding hydrogens is 364 g/mol. The molecule has 1 heterocycles. The molecule has 0 spiro atoms. The minimum atomic E-state index is 0.151. The van der Waals surface area contributed by atoms with E-state index in [1.807, 2.05) is 41.3 Å². The van der Waals surface area contributed by atoms with Gasteiger partial charge in [-0.05, 0) is 48.5 Å². The minimum absolute atomic E-state index is 0.151. The number of nitrogens with zero attached hydrogens (tertiary/aromatic N) is 2. The van der Waals surface area contributed by atoms with Crippen molar-refractivity contribution in [1.82, 2.24) is 4.90 Å². The van der Waals surface area contributed by atoms with Gasteiger partial charge < -0.3 is 19.3 Å². The quantitative estimate of drug-likeness (QED) is 0.675. The lowest BCUT2D eigenvalue weighted by Crippen LogP contribution is -2.48. The fraction of sp³-hybridized carbons (Fsp3) is 0.381. The molecule has 144 valence electrons. The van der Waals surface area contributed by atoms with Crippen LogP contribution in [0.5, 0.6) is 11.5 Å². The van der Waals surface area contributed by atoms with E-state index in [4.69, 9.17) is 21.1 Å². The van der Waals surface area contributed by atoms with Gasteiger partial charge in [-0.1, -0.05) is 11.6 Å². The molecule has 0 aromatic heterocycles. The first-order valence-electron chi connectivity index (χ1n) is 9.23. The topological polar surface area (TPSA) is 42.0 Å². The van der Waals surface area contributed by atoms with E-state index in [9.17, 15) is 4.79 Å². The molecule has 1 aliphatic rings. The Morgan fingerprint density at radius 3 is 1.93 bits per heavy atom. The van der Waals surface area contributed by atoms with Crippen LogP contribution in [-0.2, 0) is 4.79 Å². The maximum atomic E-state index is 11.4. The molecule has 2 aromatic carbocycles. The second-order valence-electron chi connectivity index (χ2n) is 6.49. The van der Waals surface area contributed by atoms with Crippen molar-refractivity contribution < 1.29 is 14.3 Å². The first-order chi connectivity index (χ1) is 13.1. The Kier molecular flexibility index (Phi) is 6.82. The third kappa shape index (κ3) is 5.79. The molecule has 5 nitrogen and oxygen atoms in total. The molecule has 0 unspecified atom stereocenters. The fourth-order valence-electron chi connectivity index (χ4n) is 3.00. The SMILES string of the molecule is CC(=O)N1CCN(c2ccc(OCCCOc3ccc(Cl)cc3)cc2)CC1. The van der Waals surface area contributed by atoms with Crippen LogP contribution in [-0.4, -0.2) is 50.2 Å². The van der Waals surface area contributed by atoms with Gasteiger partial charge in [-0.2, -0.15) is 0 Å². The van der Waals surface area contributed by atoms with Gasteiger partial charge in [-0.3, -0.25) is 4.79 Å². The molecule has 1 amide bonds. The lowest BCUT2D eigenvalue weighted by molar-refractivity contribution is -0.129. The van der Waals surface area contributed by atoms with Gasteiger partial charge in [-0.25, -0.2) is 0 Å². The molecule has 0 atom stereocenters. The highest BCUT2D eigenvalue weighted by atomic mass is 35.5. The highest BCUT2D eigenvalue weighted by molar-refractivity contribution is 6.30. The number of hydrogen-bond acceptors (Lipinski definition) is 4. The van der Waals surface area contributed by atoms with Gasteiger partial charge in [0.25, 0.3) is 0 Å². The molecule has 6 heteroatoms. The maximum Gasteiger partial charge on any atom is 0.219 e. The zero-order chi connectivity index (χ0) is 19.1. The third-order valence-corrected chi connectivity index (χ3v) is 4.82. The van der Waals surface area contributed by atoms with E-state index in [0.29, 0.717) is 18.2 Å². The molecule has 0 radical (unpaired) electrons. The molecule has 0 bridgehead atoms. The van der Waals surface area contributed by atoms with Crippen molar-refractivity contribution in [1.29, 1.82) is 0 Å². The van der Waals surface area contributed by atoms with Gasteiger partial charge in [0.1, 0.15) is 11.5 Å². The standard InChI is InChI=1S/C21H25ClN2O3/c1-17(25)23-11-13-24(14-12-23)19-5-9-21(10-6-19)27-16-2-15-26-20-7-3-18(22)4-8-20/h3-10H,2,11-16H2,1H3. The number of halogens is 1. The lowest BCUT2D eigenvalue weighted by atomic mass is 10.2. The van der Waals surface area contributed by atoms with Crippen LogP contribution >= 0.6 is 11.6 Å². The van der Waals surface area contributed by atoms with Crippen LogP contribution in [0.1, 0.15) is 13.3 Å². The number of benzene rings is 2. The molecule has 3 rings (SSSR count). The van der Waals surface area contributed by atoms with Crippen molar-refractivity contribution in [3.8, 4) is 11.5 Å². The molecular formula is C21H25ClN2O3. The predicted molar refractivity (Wildman–Crippen MR) is 108 cm³/mol. The average molecular weight is 389 g/mol. The summed E-state index contributed by atoms with van der Waals surface area (Å²) in [5.74, 6) is 1.82. The number of carbonyl (C=O) groups excluding carboxylic acids is 1. The summed E-state index contributed by atoms with van der Waals surface area (Å²) in [5, 5.41) is 0.704. The van der Waals surface area contributed by atoms with Crippen molar-refractivity contribution in [3.63, 3.8) is 0 Å². The van der Waals surface area contributed by atoms with E-state index >= 15 is 0 Å². The van der Waals surface area contributed by atoms with Gasteiger partial charge in [0.05, 0.1) is 13.2 Å². The van der Waals surface area contributed by atoms with Crippen LogP contribution in [0.15, 0.2) is 48.5 Å². The number of piperazine rings is 1. The first kappa shape index (κ1) is 19.4. The molecule has 2 aromatic rings. The highest BCUT2D eigenvalue weighted by Crippen LogP contribution is 2.21. The minimum Gasteiger partial charge on any atom is -0.493 e. The summed E-state index contributed by atoms with van der Waals surface area (Å²) < 4.78 is 11.4. The number of rotatable bonds is 7. The fourth-order valence-corrected chi connectivity index (χ4v) is 3.13. The third-order valence-electron chi connectivity index (χ3n) is 4.57. The molecule has 0 N–H and O–H groups in total. The van der Waals surface area contributed by atoms with Crippen molar-refractivity contribution in [3.05, 3.63) is 53.6 Å². The normalized spacial score (nSPS) is 14.1. The number of amides is 1. The first-order valence-corrected chi connectivity index (χ1v) is 9.61. The molecule has 0 saturated carbocycles. The van der Waals surface area contributed by atoms with Crippen LogP contribution in [0.25, 0.3) is 0 Å². The Balaban J connectivity index is 1.37. The Hall–Kier alpha value is -2.40. The molecule has 0 aliphatic carbocycles. The van der Waals surface area contributed by atoms with E-state index in [1.54, 1.807) is 6.92 Å².